The van der Waals surface area contributed by atoms with Gasteiger partial charge in [-0.1, -0.05) is 0 Å². The fraction of sp³-hybridized carbons (Fsp3) is 0.125. The highest BCUT2D eigenvalue weighted by atomic mass is 19.1. The number of nitrogen functional groups attached to an aromatic ring is 1. The Morgan fingerprint density at radius 3 is 2.71 bits per heavy atom. The minimum absolute atomic E-state index is 0.125. The number of halogens is 1. The SMILES string of the molecule is Cn1ncc(CNc2ncc(C#N)c(N)n2)c1-c1ccc(F)cc1. The van der Waals surface area contributed by atoms with E-state index >= 15 is 0 Å². The Morgan fingerprint density at radius 1 is 1.29 bits per heavy atom. The Balaban J connectivity index is 1.83. The molecule has 0 aliphatic carbocycles. The zero-order valence-corrected chi connectivity index (χ0v) is 12.9. The molecule has 0 bridgehead atoms. The molecule has 2 aromatic heterocycles. The molecule has 2 heterocycles. The fourth-order valence-corrected chi connectivity index (χ4v) is 2.33. The van der Waals surface area contributed by atoms with Crippen molar-refractivity contribution < 1.29 is 4.39 Å². The molecule has 0 saturated heterocycles. The van der Waals surface area contributed by atoms with Gasteiger partial charge in [0, 0.05) is 24.7 Å². The number of nitrogens with zero attached hydrogens (tertiary/aromatic N) is 5. The van der Waals surface area contributed by atoms with Crippen LogP contribution >= 0.6 is 0 Å². The lowest BCUT2D eigenvalue weighted by Gasteiger charge is -2.08. The second-order valence-corrected chi connectivity index (χ2v) is 5.11. The molecule has 0 radical (unpaired) electrons. The summed E-state index contributed by atoms with van der Waals surface area (Å²) in [5.41, 5.74) is 8.52. The molecule has 0 unspecified atom stereocenters. The average Bonchev–Trinajstić information content (AvgIpc) is 2.95. The van der Waals surface area contributed by atoms with E-state index in [1.54, 1.807) is 23.0 Å². The Hall–Kier alpha value is -3.47. The van der Waals surface area contributed by atoms with E-state index in [2.05, 4.69) is 20.4 Å². The summed E-state index contributed by atoms with van der Waals surface area (Å²) in [5, 5.41) is 16.1. The zero-order chi connectivity index (χ0) is 17.1. The highest BCUT2D eigenvalue weighted by molar-refractivity contribution is 5.63. The summed E-state index contributed by atoms with van der Waals surface area (Å²) >= 11 is 0. The van der Waals surface area contributed by atoms with Crippen molar-refractivity contribution in [3.63, 3.8) is 0 Å². The number of nitriles is 1. The zero-order valence-electron chi connectivity index (χ0n) is 12.9. The van der Waals surface area contributed by atoms with E-state index in [0.29, 0.717) is 12.5 Å². The number of rotatable bonds is 4. The van der Waals surface area contributed by atoms with Crippen LogP contribution in [0, 0.1) is 17.1 Å². The summed E-state index contributed by atoms with van der Waals surface area (Å²) in [6.45, 7) is 0.409. The molecular weight excluding hydrogens is 309 g/mol. The Morgan fingerprint density at radius 2 is 2.04 bits per heavy atom. The number of nitrogens with two attached hydrogens (primary N) is 1. The molecule has 3 N–H and O–H groups in total. The average molecular weight is 323 g/mol. The van der Waals surface area contributed by atoms with Crippen LogP contribution in [0.5, 0.6) is 0 Å². The second kappa shape index (κ2) is 6.34. The minimum Gasteiger partial charge on any atom is -0.382 e. The van der Waals surface area contributed by atoms with Crippen molar-refractivity contribution in [1.29, 1.82) is 5.26 Å². The maximum atomic E-state index is 13.1. The van der Waals surface area contributed by atoms with E-state index < -0.39 is 0 Å². The molecule has 7 nitrogen and oxygen atoms in total. The first-order chi connectivity index (χ1) is 11.6. The van der Waals surface area contributed by atoms with E-state index in [1.165, 1.54) is 18.3 Å². The van der Waals surface area contributed by atoms with Gasteiger partial charge in [0.1, 0.15) is 23.3 Å². The van der Waals surface area contributed by atoms with Crippen molar-refractivity contribution in [3.8, 4) is 17.3 Å². The van der Waals surface area contributed by atoms with Gasteiger partial charge in [-0.2, -0.15) is 15.3 Å². The molecule has 0 saturated carbocycles. The predicted molar refractivity (Wildman–Crippen MR) is 87.1 cm³/mol. The first-order valence-corrected chi connectivity index (χ1v) is 7.12. The minimum atomic E-state index is -0.290. The third-order valence-corrected chi connectivity index (χ3v) is 3.51. The summed E-state index contributed by atoms with van der Waals surface area (Å²) in [5.74, 6) is 0.155. The highest BCUT2D eigenvalue weighted by Crippen LogP contribution is 2.24. The van der Waals surface area contributed by atoms with Gasteiger partial charge >= 0.3 is 0 Å². The van der Waals surface area contributed by atoms with E-state index in [-0.39, 0.29) is 17.2 Å². The molecule has 0 fully saturated rings. The van der Waals surface area contributed by atoms with Crippen molar-refractivity contribution in [2.24, 2.45) is 7.05 Å². The van der Waals surface area contributed by atoms with Gasteiger partial charge in [0.25, 0.3) is 0 Å². The lowest BCUT2D eigenvalue weighted by atomic mass is 10.1. The van der Waals surface area contributed by atoms with Crippen LogP contribution in [0.2, 0.25) is 0 Å². The molecule has 0 atom stereocenters. The van der Waals surface area contributed by atoms with E-state index in [9.17, 15) is 4.39 Å². The van der Waals surface area contributed by atoms with Gasteiger partial charge in [0.2, 0.25) is 5.95 Å². The molecule has 24 heavy (non-hydrogen) atoms. The number of hydrogen-bond donors (Lipinski definition) is 2. The van der Waals surface area contributed by atoms with Gasteiger partial charge in [-0.25, -0.2) is 9.37 Å². The third-order valence-electron chi connectivity index (χ3n) is 3.51. The molecule has 0 spiro atoms. The lowest BCUT2D eigenvalue weighted by molar-refractivity contribution is 0.628. The normalized spacial score (nSPS) is 10.4. The van der Waals surface area contributed by atoms with Crippen molar-refractivity contribution >= 4 is 11.8 Å². The Labute approximate surface area is 137 Å². The maximum absolute atomic E-state index is 13.1. The molecular formula is C16H14FN7. The van der Waals surface area contributed by atoms with Crippen LogP contribution in [0.3, 0.4) is 0 Å². The number of anilines is 2. The molecule has 1 aromatic carbocycles. The van der Waals surface area contributed by atoms with Crippen LogP contribution in [0.25, 0.3) is 11.3 Å². The summed E-state index contributed by atoms with van der Waals surface area (Å²) < 4.78 is 14.8. The highest BCUT2D eigenvalue weighted by Gasteiger charge is 2.12. The first-order valence-electron chi connectivity index (χ1n) is 7.12. The van der Waals surface area contributed by atoms with Gasteiger partial charge in [0.15, 0.2) is 0 Å². The van der Waals surface area contributed by atoms with Crippen LogP contribution in [0.15, 0.2) is 36.7 Å². The van der Waals surface area contributed by atoms with Gasteiger partial charge in [-0.3, -0.25) is 4.68 Å². The van der Waals surface area contributed by atoms with Crippen molar-refractivity contribution in [2.75, 3.05) is 11.1 Å². The van der Waals surface area contributed by atoms with Gasteiger partial charge in [-0.15, -0.1) is 0 Å². The maximum Gasteiger partial charge on any atom is 0.224 e. The first kappa shape index (κ1) is 15.4. The van der Waals surface area contributed by atoms with Crippen molar-refractivity contribution in [2.45, 2.75) is 6.54 Å². The van der Waals surface area contributed by atoms with Crippen LogP contribution in [-0.4, -0.2) is 19.7 Å². The van der Waals surface area contributed by atoms with Crippen LogP contribution in [0.1, 0.15) is 11.1 Å². The van der Waals surface area contributed by atoms with E-state index in [1.807, 2.05) is 13.1 Å². The molecule has 120 valence electrons. The standard InChI is InChI=1S/C16H14FN7/c1-24-14(10-2-4-13(17)5-3-10)12(9-22-24)8-21-16-20-7-11(6-18)15(19)23-16/h2-5,7,9H,8H2,1H3,(H3,19,20,21,23). The number of nitrogens with one attached hydrogen (secondary N) is 1. The van der Waals surface area contributed by atoms with E-state index in [4.69, 9.17) is 11.0 Å². The van der Waals surface area contributed by atoms with Crippen LogP contribution < -0.4 is 11.1 Å². The number of benzene rings is 1. The fourth-order valence-electron chi connectivity index (χ4n) is 2.33. The van der Waals surface area contributed by atoms with Crippen molar-refractivity contribution in [3.05, 3.63) is 53.6 Å². The summed E-state index contributed by atoms with van der Waals surface area (Å²) in [6.07, 6.45) is 3.09. The Kier molecular flexibility index (Phi) is 4.07. The van der Waals surface area contributed by atoms with Gasteiger partial charge < -0.3 is 11.1 Å². The Bertz CT molecular complexity index is 909. The number of aromatic nitrogens is 4. The summed E-state index contributed by atoms with van der Waals surface area (Å²) in [6, 6.07) is 8.13. The quantitative estimate of drug-likeness (QED) is 0.761. The molecule has 0 aliphatic rings. The monoisotopic (exact) mass is 323 g/mol. The lowest BCUT2D eigenvalue weighted by Crippen LogP contribution is -2.07. The topological polar surface area (TPSA) is 105 Å². The summed E-state index contributed by atoms with van der Waals surface area (Å²) in [7, 11) is 1.82. The predicted octanol–water partition coefficient (Wildman–Crippen LogP) is 2.08. The van der Waals surface area contributed by atoms with E-state index in [0.717, 1.165) is 16.8 Å². The smallest absolute Gasteiger partial charge is 0.224 e. The van der Waals surface area contributed by atoms with Crippen molar-refractivity contribution in [1.82, 2.24) is 19.7 Å². The largest absolute Gasteiger partial charge is 0.382 e. The van der Waals surface area contributed by atoms with Crippen LogP contribution in [0.4, 0.5) is 16.2 Å². The van der Waals surface area contributed by atoms with Gasteiger partial charge in [0.05, 0.1) is 18.1 Å². The third kappa shape index (κ3) is 3.01. The summed E-state index contributed by atoms with van der Waals surface area (Å²) in [4.78, 5) is 8.08. The number of aryl methyl sites for hydroxylation is 1. The molecule has 3 rings (SSSR count). The molecule has 0 aliphatic heterocycles. The number of hydrogen-bond acceptors (Lipinski definition) is 6. The molecule has 8 heteroatoms. The molecule has 3 aromatic rings. The van der Waals surface area contributed by atoms with Gasteiger partial charge in [-0.05, 0) is 24.3 Å². The van der Waals surface area contributed by atoms with Crippen LogP contribution in [-0.2, 0) is 13.6 Å². The molecule has 0 amide bonds. The second-order valence-electron chi connectivity index (χ2n) is 5.11.